The highest BCUT2D eigenvalue weighted by Gasteiger charge is 2.30. The molecule has 2 nitrogen and oxygen atoms in total. The fourth-order valence-electron chi connectivity index (χ4n) is 3.04. The zero-order valence-corrected chi connectivity index (χ0v) is 9.28. The third kappa shape index (κ3) is 2.29. The molecule has 0 aromatic heterocycles. The lowest BCUT2D eigenvalue weighted by molar-refractivity contribution is 0.00212. The second-order valence-electron chi connectivity index (χ2n) is 5.16. The Kier molecular flexibility index (Phi) is 3.45. The van der Waals surface area contributed by atoms with Crippen LogP contribution in [-0.4, -0.2) is 35.2 Å². The van der Waals surface area contributed by atoms with Gasteiger partial charge in [-0.1, -0.05) is 19.8 Å². The summed E-state index contributed by atoms with van der Waals surface area (Å²) in [6.07, 6.45) is 7.43. The van der Waals surface area contributed by atoms with E-state index in [9.17, 15) is 5.11 Å². The summed E-state index contributed by atoms with van der Waals surface area (Å²) in [4.78, 5) is 2.54. The van der Waals surface area contributed by atoms with Gasteiger partial charge in [0.2, 0.25) is 0 Å². The van der Waals surface area contributed by atoms with Crippen LogP contribution in [0.3, 0.4) is 0 Å². The molecule has 0 aromatic carbocycles. The van der Waals surface area contributed by atoms with Crippen LogP contribution in [0.1, 0.15) is 45.4 Å². The topological polar surface area (TPSA) is 23.5 Å². The molecular formula is C12H23NO. The molecule has 1 saturated carbocycles. The number of hydrogen-bond donors (Lipinski definition) is 1. The molecule has 0 radical (unpaired) electrons. The smallest absolute Gasteiger partial charge is 0.0695 e. The number of rotatable bonds is 1. The van der Waals surface area contributed by atoms with Crippen LogP contribution in [0.2, 0.25) is 0 Å². The van der Waals surface area contributed by atoms with Gasteiger partial charge in [0.1, 0.15) is 0 Å². The highest BCUT2D eigenvalue weighted by Crippen LogP contribution is 2.27. The summed E-state index contributed by atoms with van der Waals surface area (Å²) in [5, 5.41) is 9.97. The van der Waals surface area contributed by atoms with Crippen molar-refractivity contribution in [2.75, 3.05) is 13.1 Å². The average Bonchev–Trinajstić information content (AvgIpc) is 2.18. The minimum absolute atomic E-state index is 0.0472. The van der Waals surface area contributed by atoms with Crippen molar-refractivity contribution in [2.45, 2.75) is 57.6 Å². The standard InChI is InChI=1S/C12H23NO/c1-10-5-4-8-13(9-10)11-6-2-3-7-12(11)14/h10-12,14H,2-9H2,1H3/t10?,11-,12-/m0/s1. The van der Waals surface area contributed by atoms with Crippen LogP contribution in [0.15, 0.2) is 0 Å². The molecule has 0 amide bonds. The first kappa shape index (κ1) is 10.4. The monoisotopic (exact) mass is 197 g/mol. The predicted octanol–water partition coefficient (Wildman–Crippen LogP) is 2.02. The zero-order valence-electron chi connectivity index (χ0n) is 9.28. The van der Waals surface area contributed by atoms with Gasteiger partial charge in [-0.15, -0.1) is 0 Å². The molecule has 1 unspecified atom stereocenters. The first-order chi connectivity index (χ1) is 6.77. The van der Waals surface area contributed by atoms with E-state index < -0.39 is 0 Å². The largest absolute Gasteiger partial charge is 0.391 e. The van der Waals surface area contributed by atoms with Crippen LogP contribution in [0.25, 0.3) is 0 Å². The van der Waals surface area contributed by atoms with Crippen molar-refractivity contribution in [1.82, 2.24) is 4.90 Å². The van der Waals surface area contributed by atoms with Gasteiger partial charge in [0.15, 0.2) is 0 Å². The van der Waals surface area contributed by atoms with Crippen LogP contribution >= 0.6 is 0 Å². The molecule has 2 aliphatic rings. The Morgan fingerprint density at radius 3 is 2.57 bits per heavy atom. The van der Waals surface area contributed by atoms with Crippen LogP contribution in [0, 0.1) is 5.92 Å². The second kappa shape index (κ2) is 4.63. The summed E-state index contributed by atoms with van der Waals surface area (Å²) >= 11 is 0. The van der Waals surface area contributed by atoms with Crippen molar-refractivity contribution in [3.05, 3.63) is 0 Å². The van der Waals surface area contributed by atoms with Crippen molar-refractivity contribution in [3.8, 4) is 0 Å². The summed E-state index contributed by atoms with van der Waals surface area (Å²) in [6, 6.07) is 0.478. The van der Waals surface area contributed by atoms with E-state index >= 15 is 0 Å². The van der Waals surface area contributed by atoms with Gasteiger partial charge in [-0.2, -0.15) is 0 Å². The first-order valence-electron chi connectivity index (χ1n) is 6.19. The molecule has 0 aromatic rings. The highest BCUT2D eigenvalue weighted by molar-refractivity contribution is 4.85. The molecular weight excluding hydrogens is 174 g/mol. The van der Waals surface area contributed by atoms with Crippen molar-refractivity contribution in [1.29, 1.82) is 0 Å². The molecule has 2 fully saturated rings. The first-order valence-corrected chi connectivity index (χ1v) is 6.19. The quantitative estimate of drug-likeness (QED) is 0.695. The van der Waals surface area contributed by atoms with Crippen LogP contribution < -0.4 is 0 Å². The summed E-state index contributed by atoms with van der Waals surface area (Å²) in [7, 11) is 0. The zero-order chi connectivity index (χ0) is 9.97. The van der Waals surface area contributed by atoms with E-state index in [0.29, 0.717) is 6.04 Å². The van der Waals surface area contributed by atoms with Gasteiger partial charge in [-0.05, 0) is 38.1 Å². The Hall–Kier alpha value is -0.0800. The van der Waals surface area contributed by atoms with E-state index in [-0.39, 0.29) is 6.10 Å². The van der Waals surface area contributed by atoms with Gasteiger partial charge in [0.05, 0.1) is 6.10 Å². The second-order valence-corrected chi connectivity index (χ2v) is 5.16. The third-order valence-electron chi connectivity index (χ3n) is 3.85. The maximum Gasteiger partial charge on any atom is 0.0695 e. The summed E-state index contributed by atoms with van der Waals surface area (Å²) < 4.78 is 0. The summed E-state index contributed by atoms with van der Waals surface area (Å²) in [6.45, 7) is 4.76. The molecule has 2 heteroatoms. The van der Waals surface area contributed by atoms with Crippen molar-refractivity contribution >= 4 is 0 Å². The maximum absolute atomic E-state index is 9.97. The number of piperidine rings is 1. The Bertz CT molecular complexity index is 183. The summed E-state index contributed by atoms with van der Waals surface area (Å²) in [5.74, 6) is 0.831. The van der Waals surface area contributed by atoms with E-state index in [0.717, 1.165) is 12.3 Å². The molecule has 3 atom stereocenters. The van der Waals surface area contributed by atoms with Crippen LogP contribution in [-0.2, 0) is 0 Å². The van der Waals surface area contributed by atoms with E-state index in [1.165, 1.54) is 45.2 Å². The van der Waals surface area contributed by atoms with Crippen molar-refractivity contribution in [2.24, 2.45) is 5.92 Å². The van der Waals surface area contributed by atoms with Gasteiger partial charge >= 0.3 is 0 Å². The number of hydrogen-bond acceptors (Lipinski definition) is 2. The Balaban J connectivity index is 1.91. The molecule has 1 aliphatic heterocycles. The maximum atomic E-state index is 9.97. The lowest BCUT2D eigenvalue weighted by Gasteiger charge is -2.41. The molecule has 1 N–H and O–H groups in total. The molecule has 1 heterocycles. The van der Waals surface area contributed by atoms with Crippen molar-refractivity contribution < 1.29 is 5.11 Å². The lowest BCUT2D eigenvalue weighted by Crippen LogP contribution is -2.49. The minimum atomic E-state index is -0.0472. The van der Waals surface area contributed by atoms with E-state index in [4.69, 9.17) is 0 Å². The van der Waals surface area contributed by atoms with Crippen LogP contribution in [0.4, 0.5) is 0 Å². The average molecular weight is 197 g/mol. The molecule has 2 rings (SSSR count). The highest BCUT2D eigenvalue weighted by atomic mass is 16.3. The fraction of sp³-hybridized carbons (Fsp3) is 1.00. The van der Waals surface area contributed by atoms with Gasteiger partial charge in [-0.3, -0.25) is 4.90 Å². The van der Waals surface area contributed by atoms with Gasteiger partial charge in [0.25, 0.3) is 0 Å². The molecule has 1 saturated heterocycles. The fourth-order valence-corrected chi connectivity index (χ4v) is 3.04. The lowest BCUT2D eigenvalue weighted by atomic mass is 9.89. The third-order valence-corrected chi connectivity index (χ3v) is 3.85. The van der Waals surface area contributed by atoms with E-state index in [1.807, 2.05) is 0 Å². The van der Waals surface area contributed by atoms with Gasteiger partial charge in [0, 0.05) is 12.6 Å². The molecule has 1 aliphatic carbocycles. The van der Waals surface area contributed by atoms with Gasteiger partial charge < -0.3 is 5.11 Å². The normalized spacial score (nSPS) is 41.1. The van der Waals surface area contributed by atoms with E-state index in [2.05, 4.69) is 11.8 Å². The minimum Gasteiger partial charge on any atom is -0.391 e. The molecule has 0 bridgehead atoms. The number of aliphatic hydroxyl groups is 1. The SMILES string of the molecule is CC1CCCN([C@H]2CCCC[C@@H]2O)C1. The number of nitrogens with zero attached hydrogens (tertiary/aromatic N) is 1. The Morgan fingerprint density at radius 2 is 1.86 bits per heavy atom. The molecule has 0 spiro atoms. The van der Waals surface area contributed by atoms with Gasteiger partial charge in [-0.25, -0.2) is 0 Å². The number of likely N-dealkylation sites (tertiary alicyclic amines) is 1. The number of aliphatic hydroxyl groups excluding tert-OH is 1. The van der Waals surface area contributed by atoms with Crippen molar-refractivity contribution in [3.63, 3.8) is 0 Å². The van der Waals surface area contributed by atoms with Crippen LogP contribution in [0.5, 0.6) is 0 Å². The predicted molar refractivity (Wildman–Crippen MR) is 58.2 cm³/mol. The van der Waals surface area contributed by atoms with E-state index in [1.54, 1.807) is 0 Å². The Labute approximate surface area is 87.3 Å². The molecule has 82 valence electrons. The summed E-state index contributed by atoms with van der Waals surface area (Å²) in [5.41, 5.74) is 0. The molecule has 14 heavy (non-hydrogen) atoms. The Morgan fingerprint density at radius 1 is 1.07 bits per heavy atom.